The van der Waals surface area contributed by atoms with Gasteiger partial charge < -0.3 is 9.64 Å². The number of aryl methyl sites for hydroxylation is 2. The second-order valence-electron chi connectivity index (χ2n) is 6.09. The Labute approximate surface area is 136 Å². The van der Waals surface area contributed by atoms with Crippen LogP contribution in [0.2, 0.25) is 0 Å². The fraction of sp³-hybridized carbons (Fsp3) is 0.444. The largest absolute Gasteiger partial charge is 0.494 e. The van der Waals surface area contributed by atoms with Crippen LogP contribution in [0.3, 0.4) is 0 Å². The van der Waals surface area contributed by atoms with Crippen LogP contribution in [0.15, 0.2) is 30.5 Å². The molecule has 0 unspecified atom stereocenters. The van der Waals surface area contributed by atoms with Gasteiger partial charge in [-0.1, -0.05) is 0 Å². The van der Waals surface area contributed by atoms with E-state index < -0.39 is 0 Å². The van der Waals surface area contributed by atoms with E-state index in [1.54, 1.807) is 10.9 Å². The van der Waals surface area contributed by atoms with Crippen molar-refractivity contribution < 1.29 is 9.53 Å². The summed E-state index contributed by atoms with van der Waals surface area (Å²) in [4.78, 5) is 14.9. The molecule has 23 heavy (non-hydrogen) atoms. The zero-order valence-corrected chi connectivity index (χ0v) is 14.0. The van der Waals surface area contributed by atoms with Gasteiger partial charge in [0.15, 0.2) is 0 Å². The number of hydrogen-bond donors (Lipinski definition) is 0. The van der Waals surface area contributed by atoms with Gasteiger partial charge >= 0.3 is 0 Å². The molecular weight excluding hydrogens is 290 g/mol. The topological polar surface area (TPSA) is 47.4 Å². The highest BCUT2D eigenvalue weighted by Gasteiger charge is 2.29. The van der Waals surface area contributed by atoms with E-state index in [-0.39, 0.29) is 5.91 Å². The first-order valence-corrected chi connectivity index (χ1v) is 8.13. The van der Waals surface area contributed by atoms with Crippen LogP contribution in [0.4, 0.5) is 5.69 Å². The fourth-order valence-electron chi connectivity index (χ4n) is 2.71. The van der Waals surface area contributed by atoms with E-state index in [0.717, 1.165) is 23.7 Å². The van der Waals surface area contributed by atoms with E-state index in [1.165, 1.54) is 12.8 Å². The van der Waals surface area contributed by atoms with E-state index >= 15 is 0 Å². The third-order valence-corrected chi connectivity index (χ3v) is 4.09. The van der Waals surface area contributed by atoms with Gasteiger partial charge in [-0.2, -0.15) is 5.10 Å². The van der Waals surface area contributed by atoms with Crippen molar-refractivity contribution in [2.24, 2.45) is 13.0 Å². The summed E-state index contributed by atoms with van der Waals surface area (Å²) in [5.41, 5.74) is 2.35. The molecule has 0 bridgehead atoms. The van der Waals surface area contributed by atoms with Gasteiger partial charge in [0, 0.05) is 25.5 Å². The average molecular weight is 313 g/mol. The zero-order chi connectivity index (χ0) is 16.4. The van der Waals surface area contributed by atoms with E-state index in [9.17, 15) is 4.79 Å². The predicted molar refractivity (Wildman–Crippen MR) is 90.0 cm³/mol. The first-order chi connectivity index (χ1) is 11.1. The normalized spacial score (nSPS) is 13.9. The van der Waals surface area contributed by atoms with Crippen molar-refractivity contribution in [2.45, 2.75) is 26.7 Å². The molecule has 1 saturated carbocycles. The first kappa shape index (κ1) is 15.6. The quantitative estimate of drug-likeness (QED) is 0.823. The molecule has 3 rings (SSSR count). The van der Waals surface area contributed by atoms with Gasteiger partial charge in [-0.05, 0) is 56.9 Å². The third kappa shape index (κ3) is 3.55. The Hall–Kier alpha value is -2.30. The summed E-state index contributed by atoms with van der Waals surface area (Å²) in [6, 6.07) is 7.75. The molecule has 1 fully saturated rings. The molecule has 122 valence electrons. The molecule has 0 aliphatic heterocycles. The second-order valence-corrected chi connectivity index (χ2v) is 6.09. The zero-order valence-electron chi connectivity index (χ0n) is 14.0. The highest BCUT2D eigenvalue weighted by atomic mass is 16.5. The Bertz CT molecular complexity index is 687. The standard InChI is InChI=1S/C18H23N3O2/c1-4-23-16-9-7-15(8-10-16)21(11-14-5-6-14)18(22)17-12-20(3)19-13(17)2/h7-10,12,14H,4-6,11H2,1-3H3. The number of ether oxygens (including phenoxy) is 1. The summed E-state index contributed by atoms with van der Waals surface area (Å²) in [5, 5.41) is 4.29. The van der Waals surface area contributed by atoms with Crippen molar-refractivity contribution in [3.63, 3.8) is 0 Å². The van der Waals surface area contributed by atoms with Gasteiger partial charge in [0.25, 0.3) is 5.91 Å². The fourth-order valence-corrected chi connectivity index (χ4v) is 2.71. The molecule has 0 atom stereocenters. The summed E-state index contributed by atoms with van der Waals surface area (Å²) in [5.74, 6) is 1.46. The van der Waals surface area contributed by atoms with Gasteiger partial charge in [-0.25, -0.2) is 0 Å². The van der Waals surface area contributed by atoms with Crippen molar-refractivity contribution in [2.75, 3.05) is 18.1 Å². The minimum Gasteiger partial charge on any atom is -0.494 e. The molecule has 0 radical (unpaired) electrons. The van der Waals surface area contributed by atoms with E-state index in [0.29, 0.717) is 18.1 Å². The number of carbonyl (C=O) groups is 1. The molecule has 1 aliphatic rings. The highest BCUT2D eigenvalue weighted by Crippen LogP contribution is 2.32. The summed E-state index contributed by atoms with van der Waals surface area (Å²) in [6.07, 6.45) is 4.20. The van der Waals surface area contributed by atoms with Gasteiger partial charge in [-0.15, -0.1) is 0 Å². The second kappa shape index (κ2) is 6.44. The molecule has 0 N–H and O–H groups in total. The first-order valence-electron chi connectivity index (χ1n) is 8.13. The summed E-state index contributed by atoms with van der Waals surface area (Å²) in [6.45, 7) is 5.24. The van der Waals surface area contributed by atoms with Crippen molar-refractivity contribution >= 4 is 11.6 Å². The van der Waals surface area contributed by atoms with E-state index in [2.05, 4.69) is 5.10 Å². The van der Waals surface area contributed by atoms with Gasteiger partial charge in [0.2, 0.25) is 0 Å². The number of anilines is 1. The van der Waals surface area contributed by atoms with Crippen LogP contribution in [0.1, 0.15) is 35.8 Å². The predicted octanol–water partition coefficient (Wildman–Crippen LogP) is 3.18. The van der Waals surface area contributed by atoms with Crippen LogP contribution in [0.25, 0.3) is 0 Å². The lowest BCUT2D eigenvalue weighted by atomic mass is 10.2. The molecule has 1 aliphatic carbocycles. The van der Waals surface area contributed by atoms with Crippen LogP contribution in [-0.2, 0) is 7.05 Å². The number of rotatable bonds is 6. The van der Waals surface area contributed by atoms with Gasteiger partial charge in [0.1, 0.15) is 5.75 Å². The molecule has 1 aromatic carbocycles. The Morgan fingerprint density at radius 2 is 2.04 bits per heavy atom. The van der Waals surface area contributed by atoms with Crippen LogP contribution < -0.4 is 9.64 Å². The lowest BCUT2D eigenvalue weighted by Gasteiger charge is -2.23. The van der Waals surface area contributed by atoms with Gasteiger partial charge in [-0.3, -0.25) is 9.48 Å². The minimum absolute atomic E-state index is 0.0201. The van der Waals surface area contributed by atoms with Crippen molar-refractivity contribution in [1.82, 2.24) is 9.78 Å². The molecule has 2 aromatic rings. The van der Waals surface area contributed by atoms with Crippen molar-refractivity contribution in [1.29, 1.82) is 0 Å². The number of nitrogens with zero attached hydrogens (tertiary/aromatic N) is 3. The lowest BCUT2D eigenvalue weighted by molar-refractivity contribution is 0.0985. The monoisotopic (exact) mass is 313 g/mol. The molecule has 0 spiro atoms. The number of aromatic nitrogens is 2. The molecule has 0 saturated heterocycles. The molecule has 5 heteroatoms. The number of amides is 1. The Balaban J connectivity index is 1.87. The number of hydrogen-bond acceptors (Lipinski definition) is 3. The SMILES string of the molecule is CCOc1ccc(N(CC2CC2)C(=O)c2cn(C)nc2C)cc1. The highest BCUT2D eigenvalue weighted by molar-refractivity contribution is 6.06. The third-order valence-electron chi connectivity index (χ3n) is 4.09. The summed E-state index contributed by atoms with van der Waals surface area (Å²) >= 11 is 0. The number of carbonyl (C=O) groups excluding carboxylic acids is 1. The smallest absolute Gasteiger partial charge is 0.261 e. The van der Waals surface area contributed by atoms with Crippen LogP contribution >= 0.6 is 0 Å². The van der Waals surface area contributed by atoms with Crippen LogP contribution in [0.5, 0.6) is 5.75 Å². The summed E-state index contributed by atoms with van der Waals surface area (Å²) in [7, 11) is 1.84. The van der Waals surface area contributed by atoms with Crippen LogP contribution in [-0.4, -0.2) is 28.8 Å². The van der Waals surface area contributed by atoms with Crippen molar-refractivity contribution in [3.8, 4) is 5.75 Å². The van der Waals surface area contributed by atoms with E-state index in [1.807, 2.05) is 50.1 Å². The molecule has 1 amide bonds. The Kier molecular flexibility index (Phi) is 4.37. The van der Waals surface area contributed by atoms with Crippen molar-refractivity contribution in [3.05, 3.63) is 41.7 Å². The minimum atomic E-state index is 0.0201. The Morgan fingerprint density at radius 3 is 2.57 bits per heavy atom. The maximum atomic E-state index is 13.0. The molecule has 1 aromatic heterocycles. The van der Waals surface area contributed by atoms with Gasteiger partial charge in [0.05, 0.1) is 17.9 Å². The molecular formula is C18H23N3O2. The van der Waals surface area contributed by atoms with E-state index in [4.69, 9.17) is 4.74 Å². The maximum Gasteiger partial charge on any atom is 0.261 e. The Morgan fingerprint density at radius 1 is 1.35 bits per heavy atom. The maximum absolute atomic E-state index is 13.0. The lowest BCUT2D eigenvalue weighted by Crippen LogP contribution is -2.33. The number of benzene rings is 1. The molecule has 5 nitrogen and oxygen atoms in total. The summed E-state index contributed by atoms with van der Waals surface area (Å²) < 4.78 is 7.18. The molecule has 1 heterocycles. The average Bonchev–Trinajstić information content (AvgIpc) is 3.29. The van der Waals surface area contributed by atoms with Crippen LogP contribution in [0, 0.1) is 12.8 Å².